The number of benzene rings is 1. The summed E-state index contributed by atoms with van der Waals surface area (Å²) >= 11 is 0. The van der Waals surface area contributed by atoms with Gasteiger partial charge in [-0.3, -0.25) is 0 Å². The van der Waals surface area contributed by atoms with Crippen molar-refractivity contribution in [1.82, 2.24) is 0 Å². The maximum absolute atomic E-state index is 14.0. The van der Waals surface area contributed by atoms with Crippen molar-refractivity contribution in [1.29, 1.82) is 0 Å². The average Bonchev–Trinajstić information content (AvgIpc) is 2.44. The fourth-order valence-electron chi connectivity index (χ4n) is 1.97. The summed E-state index contributed by atoms with van der Waals surface area (Å²) in [6.07, 6.45) is -2.19. The van der Waals surface area contributed by atoms with E-state index in [2.05, 4.69) is 4.74 Å². The number of esters is 1. The molecule has 140 valence electrons. The monoisotopic (exact) mass is 362 g/mol. The Balaban J connectivity index is 3.03. The van der Waals surface area contributed by atoms with Crippen LogP contribution in [0.3, 0.4) is 0 Å². The standard InChI is InChI=1S/C17H21F3O5/c1-9(2)13(17(19,20)15(22)23)24-14(21)10-6-7-12(11(18)8-10)25-16(3,4)5/h6-9,13H,1-5H3,(H,22,23). The molecule has 0 spiro atoms. The Bertz CT molecular complexity index is 650. The van der Waals surface area contributed by atoms with Crippen molar-refractivity contribution in [3.8, 4) is 5.75 Å². The van der Waals surface area contributed by atoms with Crippen molar-refractivity contribution >= 4 is 11.9 Å². The number of rotatable bonds is 6. The molecule has 0 aromatic heterocycles. The highest BCUT2D eigenvalue weighted by Crippen LogP contribution is 2.29. The molecule has 25 heavy (non-hydrogen) atoms. The fourth-order valence-corrected chi connectivity index (χ4v) is 1.97. The van der Waals surface area contributed by atoms with Crippen LogP contribution in [0.1, 0.15) is 45.0 Å². The smallest absolute Gasteiger partial charge is 0.378 e. The molecule has 0 aliphatic heterocycles. The van der Waals surface area contributed by atoms with E-state index in [4.69, 9.17) is 9.84 Å². The van der Waals surface area contributed by atoms with Crippen molar-refractivity contribution in [2.75, 3.05) is 0 Å². The molecular weight excluding hydrogens is 341 g/mol. The van der Waals surface area contributed by atoms with Crippen LogP contribution in [0, 0.1) is 11.7 Å². The van der Waals surface area contributed by atoms with Crippen molar-refractivity contribution in [3.63, 3.8) is 0 Å². The molecule has 0 amide bonds. The Morgan fingerprint density at radius 1 is 1.16 bits per heavy atom. The van der Waals surface area contributed by atoms with Gasteiger partial charge in [0.2, 0.25) is 0 Å². The van der Waals surface area contributed by atoms with Crippen LogP contribution in [0.4, 0.5) is 13.2 Å². The lowest BCUT2D eigenvalue weighted by Gasteiger charge is -2.26. The van der Waals surface area contributed by atoms with Crippen molar-refractivity contribution in [2.24, 2.45) is 5.92 Å². The molecule has 1 aromatic rings. The van der Waals surface area contributed by atoms with Crippen LogP contribution in [-0.2, 0) is 9.53 Å². The number of carbonyl (C=O) groups is 2. The number of carbonyl (C=O) groups excluding carboxylic acids is 1. The molecule has 8 heteroatoms. The zero-order valence-corrected chi connectivity index (χ0v) is 14.6. The van der Waals surface area contributed by atoms with E-state index in [0.717, 1.165) is 12.1 Å². The molecule has 0 saturated heterocycles. The highest BCUT2D eigenvalue weighted by atomic mass is 19.3. The van der Waals surface area contributed by atoms with E-state index in [-0.39, 0.29) is 11.3 Å². The third kappa shape index (κ3) is 5.37. The first kappa shape index (κ1) is 20.8. The van der Waals surface area contributed by atoms with E-state index < -0.39 is 41.3 Å². The Morgan fingerprint density at radius 3 is 2.12 bits per heavy atom. The van der Waals surface area contributed by atoms with Crippen LogP contribution in [0.15, 0.2) is 18.2 Å². The number of alkyl halides is 2. The molecule has 0 fully saturated rings. The summed E-state index contributed by atoms with van der Waals surface area (Å²) in [4.78, 5) is 22.7. The Morgan fingerprint density at radius 2 is 1.72 bits per heavy atom. The summed E-state index contributed by atoms with van der Waals surface area (Å²) < 4.78 is 51.4. The van der Waals surface area contributed by atoms with Crippen LogP contribution in [0.25, 0.3) is 0 Å². The van der Waals surface area contributed by atoms with Crippen LogP contribution in [0.5, 0.6) is 5.75 Å². The first-order valence-corrected chi connectivity index (χ1v) is 7.56. The van der Waals surface area contributed by atoms with Gasteiger partial charge >= 0.3 is 17.9 Å². The average molecular weight is 362 g/mol. The summed E-state index contributed by atoms with van der Waals surface area (Å²) in [6, 6.07) is 3.12. The van der Waals surface area contributed by atoms with Gasteiger partial charge < -0.3 is 14.6 Å². The minimum atomic E-state index is -4.27. The highest BCUT2D eigenvalue weighted by molar-refractivity contribution is 5.90. The molecule has 1 N–H and O–H groups in total. The number of halogens is 3. The van der Waals surface area contributed by atoms with Gasteiger partial charge in [0.05, 0.1) is 5.56 Å². The van der Waals surface area contributed by atoms with E-state index in [1.807, 2.05) is 0 Å². The van der Waals surface area contributed by atoms with E-state index >= 15 is 0 Å². The number of ether oxygens (including phenoxy) is 2. The van der Waals surface area contributed by atoms with Crippen molar-refractivity contribution in [3.05, 3.63) is 29.6 Å². The van der Waals surface area contributed by atoms with Gasteiger partial charge in [0.1, 0.15) is 5.60 Å². The second kappa shape index (κ2) is 7.33. The predicted molar refractivity (Wildman–Crippen MR) is 83.4 cm³/mol. The zero-order chi connectivity index (χ0) is 19.6. The van der Waals surface area contributed by atoms with E-state index in [9.17, 15) is 22.8 Å². The molecule has 1 atom stereocenters. The van der Waals surface area contributed by atoms with Gasteiger partial charge in [0.25, 0.3) is 0 Å². The molecule has 0 heterocycles. The van der Waals surface area contributed by atoms with Crippen LogP contribution >= 0.6 is 0 Å². The van der Waals surface area contributed by atoms with Crippen LogP contribution in [0.2, 0.25) is 0 Å². The predicted octanol–water partition coefficient (Wildman–Crippen LogP) is 3.90. The second-order valence-corrected chi connectivity index (χ2v) is 6.86. The van der Waals surface area contributed by atoms with Crippen molar-refractivity contribution in [2.45, 2.75) is 52.2 Å². The topological polar surface area (TPSA) is 72.8 Å². The highest BCUT2D eigenvalue weighted by Gasteiger charge is 2.51. The fraction of sp³-hybridized carbons (Fsp3) is 0.529. The first-order valence-electron chi connectivity index (χ1n) is 7.56. The molecule has 0 aliphatic carbocycles. The van der Waals surface area contributed by atoms with E-state index in [1.54, 1.807) is 20.8 Å². The molecular formula is C17H21F3O5. The lowest BCUT2D eigenvalue weighted by atomic mass is 10.0. The molecule has 1 rings (SSSR count). The SMILES string of the molecule is CC(C)C(OC(=O)c1ccc(OC(C)(C)C)c(F)c1)C(F)(F)C(=O)O. The number of aliphatic carboxylic acids is 1. The van der Waals surface area contributed by atoms with Crippen molar-refractivity contribution < 1.29 is 37.3 Å². The Kier molecular flexibility index (Phi) is 6.09. The number of carboxylic acids is 1. The summed E-state index contributed by atoms with van der Waals surface area (Å²) in [6.45, 7) is 7.69. The molecule has 0 saturated carbocycles. The van der Waals surface area contributed by atoms with Gasteiger partial charge in [-0.05, 0) is 44.9 Å². The largest absolute Gasteiger partial charge is 0.485 e. The first-order chi connectivity index (χ1) is 11.3. The van der Waals surface area contributed by atoms with Gasteiger partial charge in [-0.2, -0.15) is 8.78 Å². The third-order valence-corrected chi connectivity index (χ3v) is 3.07. The minimum absolute atomic E-state index is 0.111. The molecule has 0 radical (unpaired) electrons. The van der Waals surface area contributed by atoms with Gasteiger partial charge in [-0.25, -0.2) is 14.0 Å². The zero-order valence-electron chi connectivity index (χ0n) is 14.6. The molecule has 1 unspecified atom stereocenters. The number of hydrogen-bond donors (Lipinski definition) is 1. The summed E-state index contributed by atoms with van der Waals surface area (Å²) in [5.41, 5.74) is -1.000. The Labute approximate surface area is 143 Å². The Hall–Kier alpha value is -2.25. The summed E-state index contributed by atoms with van der Waals surface area (Å²) in [5.74, 6) is -9.86. The number of hydrogen-bond acceptors (Lipinski definition) is 4. The van der Waals surface area contributed by atoms with E-state index in [0.29, 0.717) is 0 Å². The summed E-state index contributed by atoms with van der Waals surface area (Å²) in [5, 5.41) is 8.61. The maximum atomic E-state index is 14.0. The van der Waals surface area contributed by atoms with Crippen LogP contribution < -0.4 is 4.74 Å². The third-order valence-electron chi connectivity index (χ3n) is 3.07. The van der Waals surface area contributed by atoms with Gasteiger partial charge in [-0.15, -0.1) is 0 Å². The lowest BCUT2D eigenvalue weighted by Crippen LogP contribution is -2.47. The molecule has 5 nitrogen and oxygen atoms in total. The second-order valence-electron chi connectivity index (χ2n) is 6.86. The summed E-state index contributed by atoms with van der Waals surface area (Å²) in [7, 11) is 0. The lowest BCUT2D eigenvalue weighted by molar-refractivity contribution is -0.187. The molecule has 1 aromatic carbocycles. The van der Waals surface area contributed by atoms with Crippen LogP contribution in [-0.4, -0.2) is 34.7 Å². The van der Waals surface area contributed by atoms with Gasteiger partial charge in [0.15, 0.2) is 17.7 Å². The molecule has 0 aliphatic rings. The van der Waals surface area contributed by atoms with Gasteiger partial charge in [-0.1, -0.05) is 13.8 Å². The number of carboxylic acid groups (broad SMARTS) is 1. The quantitative estimate of drug-likeness (QED) is 0.777. The van der Waals surface area contributed by atoms with Gasteiger partial charge in [0, 0.05) is 0 Å². The molecule has 0 bridgehead atoms. The normalized spacial score (nSPS) is 13.5. The maximum Gasteiger partial charge on any atom is 0.378 e. The van der Waals surface area contributed by atoms with E-state index in [1.165, 1.54) is 19.9 Å². The minimum Gasteiger partial charge on any atom is -0.485 e.